The van der Waals surface area contributed by atoms with Crippen molar-refractivity contribution in [3.8, 4) is 0 Å². The second kappa shape index (κ2) is 5.66. The number of anilines is 1. The van der Waals surface area contributed by atoms with Gasteiger partial charge in [-0.1, -0.05) is 17.7 Å². The molecule has 0 aliphatic carbocycles. The van der Waals surface area contributed by atoms with Crippen molar-refractivity contribution >= 4 is 45.2 Å². The molecule has 1 aromatic carbocycles. The Labute approximate surface area is 138 Å². The van der Waals surface area contributed by atoms with Crippen LogP contribution in [0.4, 0.5) is 10.5 Å². The molecule has 5 nitrogen and oxygen atoms in total. The van der Waals surface area contributed by atoms with Crippen LogP contribution in [0.5, 0.6) is 0 Å². The summed E-state index contributed by atoms with van der Waals surface area (Å²) in [5.41, 5.74) is 1.42. The minimum Gasteiger partial charge on any atom is -0.444 e. The molecule has 0 unspecified atom stereocenters. The van der Waals surface area contributed by atoms with Crippen molar-refractivity contribution in [1.82, 2.24) is 9.97 Å². The Balaban J connectivity index is 2.13. The molecule has 3 aromatic rings. The average molecular weight is 330 g/mol. The lowest BCUT2D eigenvalue weighted by Gasteiger charge is -2.20. The van der Waals surface area contributed by atoms with Gasteiger partial charge in [0, 0.05) is 17.0 Å². The number of aromatic nitrogens is 2. The van der Waals surface area contributed by atoms with Crippen molar-refractivity contribution in [3.63, 3.8) is 0 Å². The molecule has 3 rings (SSSR count). The fourth-order valence-corrected chi connectivity index (χ4v) is 2.46. The van der Waals surface area contributed by atoms with E-state index in [1.165, 1.54) is 0 Å². The third-order valence-electron chi connectivity index (χ3n) is 3.15. The smallest absolute Gasteiger partial charge is 0.412 e. The van der Waals surface area contributed by atoms with E-state index in [1.54, 1.807) is 12.3 Å². The van der Waals surface area contributed by atoms with E-state index in [1.807, 2.05) is 45.0 Å². The first-order valence-corrected chi connectivity index (χ1v) is 7.55. The Morgan fingerprint density at radius 1 is 1.22 bits per heavy atom. The molecule has 6 heteroatoms. The van der Waals surface area contributed by atoms with Crippen LogP contribution in [0.2, 0.25) is 5.15 Å². The van der Waals surface area contributed by atoms with Gasteiger partial charge in [0.2, 0.25) is 0 Å². The highest BCUT2D eigenvalue weighted by Crippen LogP contribution is 2.31. The van der Waals surface area contributed by atoms with Crippen molar-refractivity contribution in [3.05, 3.63) is 41.7 Å². The molecule has 0 radical (unpaired) electrons. The zero-order valence-electron chi connectivity index (χ0n) is 13.1. The van der Waals surface area contributed by atoms with Crippen LogP contribution >= 0.6 is 11.6 Å². The first kappa shape index (κ1) is 15.5. The van der Waals surface area contributed by atoms with Crippen LogP contribution in [0.1, 0.15) is 20.8 Å². The van der Waals surface area contributed by atoms with Crippen molar-refractivity contribution in [1.29, 1.82) is 0 Å². The van der Waals surface area contributed by atoms with E-state index in [4.69, 9.17) is 16.3 Å². The van der Waals surface area contributed by atoms with E-state index in [2.05, 4.69) is 15.3 Å². The standard InChI is InChI=1S/C17H16ClN3O2/c1-17(2,3)23-16(22)20-12-9-10-5-4-8-19-14(10)15-11(12)6-7-13(18)21-15/h4-9H,1-3H3,(H,20,22). The Morgan fingerprint density at radius 3 is 2.74 bits per heavy atom. The molecule has 0 saturated carbocycles. The van der Waals surface area contributed by atoms with E-state index in [-0.39, 0.29) is 0 Å². The number of halogens is 1. The molecule has 0 aliphatic rings. The molecule has 2 aromatic heterocycles. The van der Waals surface area contributed by atoms with Gasteiger partial charge < -0.3 is 4.74 Å². The molecule has 0 atom stereocenters. The van der Waals surface area contributed by atoms with E-state index >= 15 is 0 Å². The van der Waals surface area contributed by atoms with Crippen molar-refractivity contribution < 1.29 is 9.53 Å². The van der Waals surface area contributed by atoms with Gasteiger partial charge in [-0.3, -0.25) is 10.3 Å². The van der Waals surface area contributed by atoms with E-state index in [9.17, 15) is 4.79 Å². The van der Waals surface area contributed by atoms with Gasteiger partial charge in [-0.05, 0) is 45.0 Å². The molecule has 0 saturated heterocycles. The zero-order valence-corrected chi connectivity index (χ0v) is 13.8. The molecule has 1 amide bonds. The van der Waals surface area contributed by atoms with E-state index in [0.29, 0.717) is 16.4 Å². The number of hydrogen-bond acceptors (Lipinski definition) is 4. The van der Waals surface area contributed by atoms with Crippen LogP contribution in [-0.2, 0) is 4.74 Å². The van der Waals surface area contributed by atoms with Crippen molar-refractivity contribution in [2.75, 3.05) is 5.32 Å². The van der Waals surface area contributed by atoms with Gasteiger partial charge >= 0.3 is 6.09 Å². The van der Waals surface area contributed by atoms with Crippen LogP contribution in [-0.4, -0.2) is 21.7 Å². The molecule has 0 bridgehead atoms. The van der Waals surface area contributed by atoms with E-state index in [0.717, 1.165) is 16.3 Å². The number of ether oxygens (including phenoxy) is 1. The fourth-order valence-electron chi connectivity index (χ4n) is 2.32. The number of fused-ring (bicyclic) bond motifs is 3. The number of hydrogen-bond donors (Lipinski definition) is 1. The summed E-state index contributed by atoms with van der Waals surface area (Å²) in [6, 6.07) is 9.08. The third kappa shape index (κ3) is 3.35. The summed E-state index contributed by atoms with van der Waals surface area (Å²) in [5, 5.41) is 4.77. The number of pyridine rings is 2. The minimum absolute atomic E-state index is 0.374. The van der Waals surface area contributed by atoms with Gasteiger partial charge in [0.15, 0.2) is 0 Å². The first-order valence-electron chi connectivity index (χ1n) is 7.17. The number of benzene rings is 1. The maximum absolute atomic E-state index is 12.1. The Hall–Kier alpha value is -2.40. The van der Waals surface area contributed by atoms with Gasteiger partial charge in [-0.25, -0.2) is 9.78 Å². The Bertz CT molecular complexity index is 903. The largest absolute Gasteiger partial charge is 0.444 e. The number of carbonyl (C=O) groups is 1. The lowest BCUT2D eigenvalue weighted by molar-refractivity contribution is 0.0636. The number of nitrogens with one attached hydrogen (secondary N) is 1. The molecular formula is C17H16ClN3O2. The van der Waals surface area contributed by atoms with Crippen LogP contribution < -0.4 is 5.32 Å². The second-order valence-electron chi connectivity index (χ2n) is 6.16. The van der Waals surface area contributed by atoms with Gasteiger partial charge in [0.25, 0.3) is 0 Å². The predicted octanol–water partition coefficient (Wildman–Crippen LogP) is 4.78. The first-order chi connectivity index (χ1) is 10.8. The zero-order chi connectivity index (χ0) is 16.6. The summed E-state index contributed by atoms with van der Waals surface area (Å²) in [7, 11) is 0. The summed E-state index contributed by atoms with van der Waals surface area (Å²) in [6.07, 6.45) is 1.18. The minimum atomic E-state index is -0.570. The van der Waals surface area contributed by atoms with Crippen LogP contribution in [0, 0.1) is 0 Å². The maximum Gasteiger partial charge on any atom is 0.412 e. The summed E-state index contributed by atoms with van der Waals surface area (Å²) in [4.78, 5) is 20.8. The number of nitrogens with zero attached hydrogens (tertiary/aromatic N) is 2. The summed E-state index contributed by atoms with van der Waals surface area (Å²) >= 11 is 6.01. The lowest BCUT2D eigenvalue weighted by Crippen LogP contribution is -2.27. The Morgan fingerprint density at radius 2 is 2.00 bits per heavy atom. The topological polar surface area (TPSA) is 64.1 Å². The highest BCUT2D eigenvalue weighted by Gasteiger charge is 2.18. The highest BCUT2D eigenvalue weighted by atomic mass is 35.5. The second-order valence-corrected chi connectivity index (χ2v) is 6.54. The number of rotatable bonds is 1. The van der Waals surface area contributed by atoms with Crippen LogP contribution in [0.3, 0.4) is 0 Å². The Kier molecular flexibility index (Phi) is 3.82. The monoisotopic (exact) mass is 329 g/mol. The highest BCUT2D eigenvalue weighted by molar-refractivity contribution is 6.30. The molecule has 0 spiro atoms. The SMILES string of the molecule is CC(C)(C)OC(=O)Nc1cc2cccnc2c2nc(Cl)ccc12. The lowest BCUT2D eigenvalue weighted by atomic mass is 10.1. The maximum atomic E-state index is 12.1. The quantitative estimate of drug-likeness (QED) is 0.515. The van der Waals surface area contributed by atoms with Gasteiger partial charge in [-0.15, -0.1) is 0 Å². The molecule has 0 aliphatic heterocycles. The predicted molar refractivity (Wildman–Crippen MR) is 91.9 cm³/mol. The van der Waals surface area contributed by atoms with Crippen molar-refractivity contribution in [2.24, 2.45) is 0 Å². The molecular weight excluding hydrogens is 314 g/mol. The fraction of sp³-hybridized carbons (Fsp3) is 0.235. The number of amides is 1. The van der Waals surface area contributed by atoms with E-state index < -0.39 is 11.7 Å². The molecule has 0 fully saturated rings. The summed E-state index contributed by atoms with van der Waals surface area (Å²) < 4.78 is 5.31. The van der Waals surface area contributed by atoms with Gasteiger partial charge in [0.05, 0.1) is 11.2 Å². The molecule has 118 valence electrons. The van der Waals surface area contributed by atoms with Gasteiger partial charge in [-0.2, -0.15) is 0 Å². The molecule has 2 heterocycles. The average Bonchev–Trinajstić information content (AvgIpc) is 2.45. The van der Waals surface area contributed by atoms with Gasteiger partial charge in [0.1, 0.15) is 16.3 Å². The molecule has 1 N–H and O–H groups in total. The summed E-state index contributed by atoms with van der Waals surface area (Å²) in [5.74, 6) is 0. The van der Waals surface area contributed by atoms with Crippen molar-refractivity contribution in [2.45, 2.75) is 26.4 Å². The third-order valence-corrected chi connectivity index (χ3v) is 3.36. The number of carbonyl (C=O) groups excluding carboxylic acids is 1. The normalized spacial score (nSPS) is 11.7. The summed E-state index contributed by atoms with van der Waals surface area (Å²) in [6.45, 7) is 5.45. The van der Waals surface area contributed by atoms with Crippen LogP contribution in [0.25, 0.3) is 21.8 Å². The molecule has 23 heavy (non-hydrogen) atoms. The van der Waals surface area contributed by atoms with Crippen LogP contribution in [0.15, 0.2) is 36.5 Å².